The Bertz CT molecular complexity index is 191. The third kappa shape index (κ3) is 3.62. The Morgan fingerprint density at radius 2 is 2.00 bits per heavy atom. The first-order valence-electron chi connectivity index (χ1n) is 3.99. The molecule has 1 nitrogen and oxygen atoms in total. The summed E-state index contributed by atoms with van der Waals surface area (Å²) in [6.45, 7) is 3.30. The fraction of sp³-hybridized carbons (Fsp3) is 0.556. The molecule has 0 bridgehead atoms. The van der Waals surface area contributed by atoms with Gasteiger partial charge in [0.25, 0.3) is 0 Å². The molecule has 0 aliphatic heterocycles. The van der Waals surface area contributed by atoms with E-state index in [1.54, 1.807) is 7.05 Å². The average Bonchev–Trinajstić information content (AvgIpc) is 1.99. The maximum absolute atomic E-state index is 13.0. The first kappa shape index (κ1) is 11.3. The lowest BCUT2D eigenvalue weighted by atomic mass is 10.2. The summed E-state index contributed by atoms with van der Waals surface area (Å²) in [6, 6.07) is 0. The topological polar surface area (TPSA) is 12.0 Å². The quantitative estimate of drug-likeness (QED) is 0.648. The number of allylic oxidation sites excluding steroid dienone is 2. The standard InChI is InChI=1S/C9H15F2N/c1-4-5-9(11)8(6-12-3)7(2)10/h5,12H,4,6H2,1-3H3/b8-7+,9-5+. The highest BCUT2D eigenvalue weighted by Gasteiger charge is 2.06. The molecule has 0 aromatic heterocycles. The molecule has 12 heavy (non-hydrogen) atoms. The molecular weight excluding hydrogens is 160 g/mol. The molecule has 0 rings (SSSR count). The van der Waals surface area contributed by atoms with Crippen molar-refractivity contribution >= 4 is 0 Å². The van der Waals surface area contributed by atoms with E-state index in [0.717, 1.165) is 0 Å². The lowest BCUT2D eigenvalue weighted by Crippen LogP contribution is -2.11. The number of halogens is 2. The van der Waals surface area contributed by atoms with Crippen LogP contribution < -0.4 is 5.32 Å². The van der Waals surface area contributed by atoms with Gasteiger partial charge in [0, 0.05) is 12.1 Å². The molecule has 1 N–H and O–H groups in total. The van der Waals surface area contributed by atoms with E-state index in [-0.39, 0.29) is 12.1 Å². The van der Waals surface area contributed by atoms with Crippen molar-refractivity contribution in [3.8, 4) is 0 Å². The van der Waals surface area contributed by atoms with Gasteiger partial charge in [-0.2, -0.15) is 0 Å². The molecule has 0 unspecified atom stereocenters. The van der Waals surface area contributed by atoms with E-state index in [2.05, 4.69) is 5.32 Å². The molecule has 0 aliphatic carbocycles. The van der Waals surface area contributed by atoms with Crippen molar-refractivity contribution in [2.75, 3.05) is 13.6 Å². The second kappa shape index (κ2) is 5.89. The largest absolute Gasteiger partial charge is 0.315 e. The van der Waals surface area contributed by atoms with E-state index in [4.69, 9.17) is 0 Å². The lowest BCUT2D eigenvalue weighted by molar-refractivity contribution is 0.579. The molecule has 0 aliphatic rings. The smallest absolute Gasteiger partial charge is 0.126 e. The SMILES string of the molecule is CC/C=C(F)\C(CNC)=C(/C)F. The maximum atomic E-state index is 13.0. The summed E-state index contributed by atoms with van der Waals surface area (Å²) in [4.78, 5) is 0. The molecule has 0 heterocycles. The van der Waals surface area contributed by atoms with Crippen LogP contribution in [0.3, 0.4) is 0 Å². The van der Waals surface area contributed by atoms with E-state index < -0.39 is 11.7 Å². The Hall–Kier alpha value is -0.700. The second-order valence-electron chi connectivity index (χ2n) is 2.50. The van der Waals surface area contributed by atoms with Gasteiger partial charge in [-0.1, -0.05) is 6.92 Å². The van der Waals surface area contributed by atoms with Crippen LogP contribution in [0.15, 0.2) is 23.3 Å². The van der Waals surface area contributed by atoms with Crippen molar-refractivity contribution in [2.45, 2.75) is 20.3 Å². The summed E-state index contributed by atoms with van der Waals surface area (Å²) in [7, 11) is 1.65. The molecule has 0 saturated heterocycles. The van der Waals surface area contributed by atoms with Crippen LogP contribution in [0.1, 0.15) is 20.3 Å². The molecule has 0 amide bonds. The van der Waals surface area contributed by atoms with Gasteiger partial charge < -0.3 is 5.32 Å². The van der Waals surface area contributed by atoms with Crippen molar-refractivity contribution < 1.29 is 8.78 Å². The zero-order valence-corrected chi connectivity index (χ0v) is 7.75. The number of likely N-dealkylation sites (N-methyl/N-ethyl adjacent to an activating group) is 1. The predicted octanol–water partition coefficient (Wildman–Crippen LogP) is 2.71. The summed E-state index contributed by atoms with van der Waals surface area (Å²) in [5.74, 6) is -0.932. The zero-order chi connectivity index (χ0) is 9.56. The summed E-state index contributed by atoms with van der Waals surface area (Å²) >= 11 is 0. The Balaban J connectivity index is 4.53. The molecular formula is C9H15F2N. The van der Waals surface area contributed by atoms with E-state index in [0.29, 0.717) is 6.42 Å². The van der Waals surface area contributed by atoms with Crippen LogP contribution in [0.2, 0.25) is 0 Å². The Kier molecular flexibility index (Phi) is 5.54. The third-order valence-electron chi connectivity index (χ3n) is 1.44. The van der Waals surface area contributed by atoms with Crippen LogP contribution in [0, 0.1) is 0 Å². The fourth-order valence-corrected chi connectivity index (χ4v) is 0.850. The van der Waals surface area contributed by atoms with Gasteiger partial charge in [-0.15, -0.1) is 0 Å². The third-order valence-corrected chi connectivity index (χ3v) is 1.44. The number of hydrogen-bond acceptors (Lipinski definition) is 1. The lowest BCUT2D eigenvalue weighted by Gasteiger charge is -2.03. The van der Waals surface area contributed by atoms with Gasteiger partial charge in [0.05, 0.1) is 0 Å². The minimum Gasteiger partial charge on any atom is -0.315 e. The van der Waals surface area contributed by atoms with Crippen molar-refractivity contribution in [2.24, 2.45) is 0 Å². The molecule has 0 aromatic carbocycles. The van der Waals surface area contributed by atoms with Crippen LogP contribution in [0.4, 0.5) is 8.78 Å². The van der Waals surface area contributed by atoms with Crippen LogP contribution in [-0.4, -0.2) is 13.6 Å². The first-order chi connectivity index (χ1) is 5.63. The summed E-state index contributed by atoms with van der Waals surface area (Å²) in [5.41, 5.74) is 0.111. The summed E-state index contributed by atoms with van der Waals surface area (Å²) in [6.07, 6.45) is 1.95. The minimum atomic E-state index is -0.466. The highest BCUT2D eigenvalue weighted by atomic mass is 19.1. The van der Waals surface area contributed by atoms with Gasteiger partial charge in [0.2, 0.25) is 0 Å². The maximum Gasteiger partial charge on any atom is 0.126 e. The Morgan fingerprint density at radius 1 is 1.42 bits per heavy atom. The van der Waals surface area contributed by atoms with Crippen molar-refractivity contribution in [1.82, 2.24) is 5.32 Å². The van der Waals surface area contributed by atoms with E-state index in [1.807, 2.05) is 6.92 Å². The Labute approximate surface area is 72.2 Å². The predicted molar refractivity (Wildman–Crippen MR) is 47.2 cm³/mol. The monoisotopic (exact) mass is 175 g/mol. The molecule has 0 saturated carbocycles. The highest BCUT2D eigenvalue weighted by Crippen LogP contribution is 2.16. The highest BCUT2D eigenvalue weighted by molar-refractivity contribution is 5.28. The molecule has 0 spiro atoms. The first-order valence-corrected chi connectivity index (χ1v) is 3.99. The molecule has 0 radical (unpaired) electrons. The van der Waals surface area contributed by atoms with Gasteiger partial charge in [-0.25, -0.2) is 8.78 Å². The minimum absolute atomic E-state index is 0.111. The van der Waals surface area contributed by atoms with Crippen LogP contribution in [0.5, 0.6) is 0 Å². The second-order valence-corrected chi connectivity index (χ2v) is 2.50. The Morgan fingerprint density at radius 3 is 2.33 bits per heavy atom. The number of hydrogen-bond donors (Lipinski definition) is 1. The van der Waals surface area contributed by atoms with Gasteiger partial charge in [0.15, 0.2) is 0 Å². The van der Waals surface area contributed by atoms with E-state index in [1.165, 1.54) is 13.0 Å². The normalized spacial score (nSPS) is 14.6. The summed E-state index contributed by atoms with van der Waals surface area (Å²) < 4.78 is 25.7. The van der Waals surface area contributed by atoms with Gasteiger partial charge in [-0.3, -0.25) is 0 Å². The van der Waals surface area contributed by atoms with Crippen LogP contribution in [0.25, 0.3) is 0 Å². The average molecular weight is 175 g/mol. The van der Waals surface area contributed by atoms with Crippen LogP contribution in [-0.2, 0) is 0 Å². The number of rotatable bonds is 4. The molecule has 0 atom stereocenters. The van der Waals surface area contributed by atoms with E-state index in [9.17, 15) is 8.78 Å². The number of nitrogens with one attached hydrogen (secondary N) is 1. The molecule has 70 valence electrons. The fourth-order valence-electron chi connectivity index (χ4n) is 0.850. The van der Waals surface area contributed by atoms with Crippen molar-refractivity contribution in [3.05, 3.63) is 23.3 Å². The van der Waals surface area contributed by atoms with Gasteiger partial charge >= 0.3 is 0 Å². The zero-order valence-electron chi connectivity index (χ0n) is 7.75. The van der Waals surface area contributed by atoms with Crippen molar-refractivity contribution in [3.63, 3.8) is 0 Å². The molecule has 0 fully saturated rings. The molecule has 3 heteroatoms. The van der Waals surface area contributed by atoms with E-state index >= 15 is 0 Å². The van der Waals surface area contributed by atoms with Gasteiger partial charge in [0.1, 0.15) is 11.7 Å². The van der Waals surface area contributed by atoms with Gasteiger partial charge in [-0.05, 0) is 26.5 Å². The van der Waals surface area contributed by atoms with Crippen molar-refractivity contribution in [1.29, 1.82) is 0 Å². The molecule has 0 aromatic rings. The van der Waals surface area contributed by atoms with Crippen LogP contribution >= 0.6 is 0 Å². The summed E-state index contributed by atoms with van der Waals surface area (Å²) in [5, 5.41) is 2.71.